The first-order valence-electron chi connectivity index (χ1n) is 5.94. The SMILES string of the molecule is CC(=O)OCOC(=O)N[C@@H](CSC(=O)OCOC(C)=O)C(=O)O. The van der Waals surface area contributed by atoms with Crippen LogP contribution in [0.3, 0.4) is 0 Å². The summed E-state index contributed by atoms with van der Waals surface area (Å²) in [4.78, 5) is 54.3. The third-order valence-corrected chi connectivity index (χ3v) is 2.70. The second-order valence-electron chi connectivity index (χ2n) is 3.68. The van der Waals surface area contributed by atoms with E-state index >= 15 is 0 Å². The summed E-state index contributed by atoms with van der Waals surface area (Å²) >= 11 is 0.446. The van der Waals surface area contributed by atoms with Gasteiger partial charge in [-0.1, -0.05) is 0 Å². The summed E-state index contributed by atoms with van der Waals surface area (Å²) in [5, 5.41) is 9.97. The molecule has 0 aromatic heterocycles. The van der Waals surface area contributed by atoms with Gasteiger partial charge in [0, 0.05) is 19.6 Å². The van der Waals surface area contributed by atoms with Gasteiger partial charge in [0.25, 0.3) is 0 Å². The first-order valence-corrected chi connectivity index (χ1v) is 6.93. The maximum absolute atomic E-state index is 11.3. The first kappa shape index (κ1) is 20.5. The standard InChI is InChI=1S/C11H15NO10S/c1-6(13)19-4-21-10(17)12-8(9(15)16)3-23-11(18)22-5-20-7(2)14/h8H,3-5H2,1-2H3,(H,12,17)(H,15,16)/t8-/m0/s1. The highest BCUT2D eigenvalue weighted by Crippen LogP contribution is 2.08. The number of esters is 2. The number of carbonyl (C=O) groups is 5. The number of hydrogen-bond acceptors (Lipinski definition) is 10. The molecule has 0 unspecified atom stereocenters. The largest absolute Gasteiger partial charge is 0.480 e. The van der Waals surface area contributed by atoms with Crippen LogP contribution in [0.1, 0.15) is 13.8 Å². The van der Waals surface area contributed by atoms with Crippen LogP contribution in [0.25, 0.3) is 0 Å². The molecule has 11 nitrogen and oxygen atoms in total. The highest BCUT2D eigenvalue weighted by molar-refractivity contribution is 8.13. The molecule has 23 heavy (non-hydrogen) atoms. The fourth-order valence-electron chi connectivity index (χ4n) is 0.878. The van der Waals surface area contributed by atoms with E-state index in [0.29, 0.717) is 11.8 Å². The van der Waals surface area contributed by atoms with Crippen molar-refractivity contribution in [2.75, 3.05) is 19.3 Å². The maximum atomic E-state index is 11.3. The van der Waals surface area contributed by atoms with E-state index in [9.17, 15) is 24.0 Å². The van der Waals surface area contributed by atoms with Crippen LogP contribution in [0.2, 0.25) is 0 Å². The zero-order valence-corrected chi connectivity index (χ0v) is 13.0. The molecule has 2 N–H and O–H groups in total. The highest BCUT2D eigenvalue weighted by atomic mass is 32.2. The van der Waals surface area contributed by atoms with Crippen LogP contribution in [0, 0.1) is 0 Å². The van der Waals surface area contributed by atoms with E-state index in [2.05, 4.69) is 18.9 Å². The van der Waals surface area contributed by atoms with Crippen LogP contribution in [0.5, 0.6) is 0 Å². The van der Waals surface area contributed by atoms with E-state index in [1.54, 1.807) is 0 Å². The molecular formula is C11H15NO10S. The Bertz CT molecular complexity index is 466. The van der Waals surface area contributed by atoms with Gasteiger partial charge in [-0.15, -0.1) is 0 Å². The number of alkyl carbamates (subject to hydrolysis) is 1. The molecule has 0 aromatic rings. The summed E-state index contributed by atoms with van der Waals surface area (Å²) in [5.74, 6) is -3.12. The van der Waals surface area contributed by atoms with Crippen LogP contribution in [0.4, 0.5) is 9.59 Å². The molecular weight excluding hydrogens is 338 g/mol. The van der Waals surface area contributed by atoms with Crippen molar-refractivity contribution in [1.29, 1.82) is 0 Å². The number of carbonyl (C=O) groups excluding carboxylic acids is 4. The molecule has 1 atom stereocenters. The second-order valence-corrected chi connectivity index (χ2v) is 4.64. The lowest BCUT2D eigenvalue weighted by Gasteiger charge is -2.13. The van der Waals surface area contributed by atoms with Crippen LogP contribution in [-0.4, -0.2) is 59.8 Å². The Morgan fingerprint density at radius 2 is 1.48 bits per heavy atom. The average molecular weight is 353 g/mol. The van der Waals surface area contributed by atoms with Crippen molar-refractivity contribution < 1.29 is 48.0 Å². The van der Waals surface area contributed by atoms with Gasteiger partial charge in [0.15, 0.2) is 0 Å². The number of rotatable bonds is 8. The number of thioether (sulfide) groups is 1. The summed E-state index contributed by atoms with van der Waals surface area (Å²) in [6.07, 6.45) is -1.15. The number of ether oxygens (including phenoxy) is 4. The van der Waals surface area contributed by atoms with Crippen LogP contribution in [-0.2, 0) is 33.3 Å². The smallest absolute Gasteiger partial charge is 0.410 e. The van der Waals surface area contributed by atoms with Gasteiger partial charge in [-0.2, -0.15) is 0 Å². The second kappa shape index (κ2) is 11.1. The van der Waals surface area contributed by atoms with E-state index in [-0.39, 0.29) is 5.75 Å². The third-order valence-electron chi connectivity index (χ3n) is 1.85. The van der Waals surface area contributed by atoms with E-state index in [0.717, 1.165) is 13.8 Å². The van der Waals surface area contributed by atoms with E-state index in [1.807, 2.05) is 5.32 Å². The molecule has 0 aromatic carbocycles. The summed E-state index contributed by atoms with van der Waals surface area (Å²) in [5.41, 5.74) is 0. The van der Waals surface area contributed by atoms with Crippen LogP contribution >= 0.6 is 11.8 Å². The number of hydrogen-bond donors (Lipinski definition) is 2. The molecule has 0 aliphatic rings. The molecule has 0 rings (SSSR count). The van der Waals surface area contributed by atoms with Crippen molar-refractivity contribution in [3.63, 3.8) is 0 Å². The zero-order valence-electron chi connectivity index (χ0n) is 12.2. The van der Waals surface area contributed by atoms with Crippen molar-refractivity contribution in [1.82, 2.24) is 5.32 Å². The summed E-state index contributed by atoms with van der Waals surface area (Å²) < 4.78 is 17.5. The number of carboxylic acid groups (broad SMARTS) is 1. The number of carboxylic acids is 1. The monoisotopic (exact) mass is 353 g/mol. The predicted octanol–water partition coefficient (Wildman–Crippen LogP) is 0.0768. The topological polar surface area (TPSA) is 155 Å². The van der Waals surface area contributed by atoms with Gasteiger partial charge in [-0.05, 0) is 11.8 Å². The molecule has 0 aliphatic heterocycles. The van der Waals surface area contributed by atoms with Crippen molar-refractivity contribution in [3.05, 3.63) is 0 Å². The fourth-order valence-corrected chi connectivity index (χ4v) is 1.54. The molecule has 0 saturated carbocycles. The molecule has 12 heteroatoms. The number of nitrogens with one attached hydrogen (secondary N) is 1. The van der Waals surface area contributed by atoms with Crippen molar-refractivity contribution in [3.8, 4) is 0 Å². The van der Waals surface area contributed by atoms with Gasteiger partial charge in [0.2, 0.25) is 13.6 Å². The van der Waals surface area contributed by atoms with E-state index in [4.69, 9.17) is 5.11 Å². The Labute approximate surface area is 134 Å². The van der Waals surface area contributed by atoms with Gasteiger partial charge in [-0.25, -0.2) is 14.4 Å². The normalized spacial score (nSPS) is 10.9. The molecule has 0 radical (unpaired) electrons. The Kier molecular flexibility index (Phi) is 9.91. The van der Waals surface area contributed by atoms with Gasteiger partial charge in [0.1, 0.15) is 6.04 Å². The number of amides is 1. The predicted molar refractivity (Wildman–Crippen MR) is 73.2 cm³/mol. The summed E-state index contributed by atoms with van der Waals surface area (Å²) in [7, 11) is 0. The maximum Gasteiger partial charge on any atom is 0.410 e. The molecule has 0 fully saturated rings. The van der Waals surface area contributed by atoms with Crippen molar-refractivity contribution in [2.24, 2.45) is 0 Å². The Hall–Kier alpha value is -2.50. The average Bonchev–Trinajstić information content (AvgIpc) is 2.42. The zero-order chi connectivity index (χ0) is 17.8. The quantitative estimate of drug-likeness (QED) is 0.450. The molecule has 0 bridgehead atoms. The van der Waals surface area contributed by atoms with Crippen LogP contribution < -0.4 is 5.32 Å². The molecule has 1 amide bonds. The Morgan fingerprint density at radius 1 is 0.957 bits per heavy atom. The summed E-state index contributed by atoms with van der Waals surface area (Å²) in [6.45, 7) is 0.939. The molecule has 0 spiro atoms. The fraction of sp³-hybridized carbons (Fsp3) is 0.545. The van der Waals surface area contributed by atoms with E-state index < -0.39 is 48.9 Å². The molecule has 0 saturated heterocycles. The molecule has 130 valence electrons. The minimum Gasteiger partial charge on any atom is -0.480 e. The van der Waals surface area contributed by atoms with Gasteiger partial charge in [-0.3, -0.25) is 9.59 Å². The van der Waals surface area contributed by atoms with Gasteiger partial charge < -0.3 is 29.4 Å². The van der Waals surface area contributed by atoms with Crippen molar-refractivity contribution in [2.45, 2.75) is 19.9 Å². The third kappa shape index (κ3) is 11.8. The van der Waals surface area contributed by atoms with E-state index in [1.165, 1.54) is 0 Å². The van der Waals surface area contributed by atoms with Crippen molar-refractivity contribution >= 4 is 41.1 Å². The molecule has 0 heterocycles. The lowest BCUT2D eigenvalue weighted by atomic mass is 10.3. The minimum atomic E-state index is -1.45. The summed E-state index contributed by atoms with van der Waals surface area (Å²) in [6, 6.07) is -1.45. The first-order chi connectivity index (χ1) is 10.7. The lowest BCUT2D eigenvalue weighted by molar-refractivity contribution is -0.150. The number of aliphatic carboxylic acids is 1. The Morgan fingerprint density at radius 3 is 1.96 bits per heavy atom. The van der Waals surface area contributed by atoms with Gasteiger partial charge >= 0.3 is 29.3 Å². The van der Waals surface area contributed by atoms with Crippen LogP contribution in [0.15, 0.2) is 0 Å². The molecule has 0 aliphatic carbocycles. The highest BCUT2D eigenvalue weighted by Gasteiger charge is 2.23. The lowest BCUT2D eigenvalue weighted by Crippen LogP contribution is -2.43. The minimum absolute atomic E-state index is 0.364. The van der Waals surface area contributed by atoms with Gasteiger partial charge in [0.05, 0.1) is 0 Å². The Balaban J connectivity index is 4.13.